The number of guanidine groups is 1. The van der Waals surface area contributed by atoms with Crippen LogP contribution in [0.4, 0.5) is 0 Å². The van der Waals surface area contributed by atoms with Crippen LogP contribution < -0.4 is 5.32 Å². The van der Waals surface area contributed by atoms with Crippen LogP contribution in [0.5, 0.6) is 0 Å². The number of methoxy groups -OCH3 is 1. The van der Waals surface area contributed by atoms with Crippen LogP contribution >= 0.6 is 0 Å². The molecule has 0 aliphatic carbocycles. The second kappa shape index (κ2) is 7.10. The summed E-state index contributed by atoms with van der Waals surface area (Å²) in [6.07, 6.45) is 5.42. The Labute approximate surface area is 125 Å². The maximum atomic E-state index is 11.5. The maximum Gasteiger partial charge on any atom is 0.308 e. The summed E-state index contributed by atoms with van der Waals surface area (Å²) in [5, 5.41) is 7.48. The van der Waals surface area contributed by atoms with E-state index in [0.29, 0.717) is 6.54 Å². The lowest BCUT2D eigenvalue weighted by Crippen LogP contribution is -2.46. The zero-order valence-corrected chi connectivity index (χ0v) is 12.9. The predicted molar refractivity (Wildman–Crippen MR) is 79.7 cm³/mol. The van der Waals surface area contributed by atoms with Gasteiger partial charge in [0.2, 0.25) is 0 Å². The third-order valence-corrected chi connectivity index (χ3v) is 3.75. The summed E-state index contributed by atoms with van der Waals surface area (Å²) in [7, 11) is 5.12. The predicted octanol–water partition coefficient (Wildman–Crippen LogP) is 0.380. The lowest BCUT2D eigenvalue weighted by Gasteiger charge is -2.33. The van der Waals surface area contributed by atoms with Crippen molar-refractivity contribution in [2.24, 2.45) is 18.0 Å². The van der Waals surface area contributed by atoms with E-state index in [-0.39, 0.29) is 11.9 Å². The number of carbonyl (C=O) groups is 1. The van der Waals surface area contributed by atoms with E-state index in [4.69, 9.17) is 4.74 Å². The van der Waals surface area contributed by atoms with Crippen molar-refractivity contribution in [3.63, 3.8) is 0 Å². The third-order valence-electron chi connectivity index (χ3n) is 3.75. The van der Waals surface area contributed by atoms with Gasteiger partial charge in [-0.15, -0.1) is 0 Å². The summed E-state index contributed by atoms with van der Waals surface area (Å²) in [4.78, 5) is 18.0. The van der Waals surface area contributed by atoms with Crippen LogP contribution in [0.25, 0.3) is 0 Å². The van der Waals surface area contributed by atoms with Gasteiger partial charge in [-0.25, -0.2) is 0 Å². The van der Waals surface area contributed by atoms with Gasteiger partial charge in [-0.3, -0.25) is 14.5 Å². The van der Waals surface area contributed by atoms with Crippen molar-refractivity contribution in [2.45, 2.75) is 19.4 Å². The standard InChI is InChI=1S/C14H23N5O2/c1-15-14(16-8-11-9-17-18(2)10-11)19-6-4-12(5-7-19)13(20)21-3/h9-10,12H,4-8H2,1-3H3,(H,15,16). The van der Waals surface area contributed by atoms with E-state index in [1.54, 1.807) is 11.7 Å². The zero-order chi connectivity index (χ0) is 15.2. The Balaban J connectivity index is 1.84. The van der Waals surface area contributed by atoms with Gasteiger partial charge in [0.1, 0.15) is 0 Å². The van der Waals surface area contributed by atoms with E-state index in [9.17, 15) is 4.79 Å². The summed E-state index contributed by atoms with van der Waals surface area (Å²) in [6, 6.07) is 0. The minimum Gasteiger partial charge on any atom is -0.469 e. The van der Waals surface area contributed by atoms with E-state index in [1.807, 2.05) is 19.4 Å². The topological polar surface area (TPSA) is 71.8 Å². The van der Waals surface area contributed by atoms with Gasteiger partial charge >= 0.3 is 5.97 Å². The first-order valence-electron chi connectivity index (χ1n) is 7.15. The van der Waals surface area contributed by atoms with Crippen LogP contribution in [0.3, 0.4) is 0 Å². The first-order chi connectivity index (χ1) is 10.1. The molecule has 0 aromatic carbocycles. The summed E-state index contributed by atoms with van der Waals surface area (Å²) < 4.78 is 6.59. The van der Waals surface area contributed by atoms with Crippen LogP contribution in [0.15, 0.2) is 17.4 Å². The van der Waals surface area contributed by atoms with Crippen molar-refractivity contribution in [3.8, 4) is 0 Å². The van der Waals surface area contributed by atoms with Crippen molar-refractivity contribution in [1.29, 1.82) is 0 Å². The molecule has 116 valence electrons. The lowest BCUT2D eigenvalue weighted by atomic mass is 9.97. The Bertz CT molecular complexity index is 503. The number of ether oxygens (including phenoxy) is 1. The van der Waals surface area contributed by atoms with Gasteiger partial charge in [-0.05, 0) is 12.8 Å². The molecular weight excluding hydrogens is 270 g/mol. The molecular formula is C14H23N5O2. The second-order valence-corrected chi connectivity index (χ2v) is 5.21. The number of nitrogens with zero attached hydrogens (tertiary/aromatic N) is 4. The highest BCUT2D eigenvalue weighted by Gasteiger charge is 2.26. The highest BCUT2D eigenvalue weighted by atomic mass is 16.5. The Hall–Kier alpha value is -2.05. The fourth-order valence-corrected chi connectivity index (χ4v) is 2.57. The number of nitrogens with one attached hydrogen (secondary N) is 1. The van der Waals surface area contributed by atoms with Gasteiger partial charge in [0.15, 0.2) is 5.96 Å². The highest BCUT2D eigenvalue weighted by Crippen LogP contribution is 2.18. The third kappa shape index (κ3) is 3.96. The number of carbonyl (C=O) groups excluding carboxylic acids is 1. The highest BCUT2D eigenvalue weighted by molar-refractivity contribution is 5.80. The molecule has 21 heavy (non-hydrogen) atoms. The number of aromatic nitrogens is 2. The molecule has 1 fully saturated rings. The van der Waals surface area contributed by atoms with Gasteiger partial charge in [-0.1, -0.05) is 0 Å². The van der Waals surface area contributed by atoms with Crippen molar-refractivity contribution >= 4 is 11.9 Å². The number of aryl methyl sites for hydroxylation is 1. The fraction of sp³-hybridized carbons (Fsp3) is 0.643. The Morgan fingerprint density at radius 2 is 2.24 bits per heavy atom. The first kappa shape index (κ1) is 15.3. The molecule has 0 bridgehead atoms. The number of piperidine rings is 1. The van der Waals surface area contributed by atoms with Gasteiger partial charge in [0.25, 0.3) is 0 Å². The minimum atomic E-state index is -0.104. The van der Waals surface area contributed by atoms with Crippen LogP contribution in [0.2, 0.25) is 0 Å². The molecule has 1 N–H and O–H groups in total. The number of likely N-dealkylation sites (tertiary alicyclic amines) is 1. The number of hydrogen-bond acceptors (Lipinski definition) is 4. The normalized spacial score (nSPS) is 16.9. The smallest absolute Gasteiger partial charge is 0.308 e. The van der Waals surface area contributed by atoms with Crippen molar-refractivity contribution < 1.29 is 9.53 Å². The van der Waals surface area contributed by atoms with E-state index in [0.717, 1.165) is 37.5 Å². The first-order valence-corrected chi connectivity index (χ1v) is 7.15. The second-order valence-electron chi connectivity index (χ2n) is 5.21. The summed E-state index contributed by atoms with van der Waals surface area (Å²) in [5.41, 5.74) is 1.11. The van der Waals surface area contributed by atoms with Gasteiger partial charge in [0, 0.05) is 45.5 Å². The van der Waals surface area contributed by atoms with Gasteiger partial charge < -0.3 is 15.0 Å². The quantitative estimate of drug-likeness (QED) is 0.495. The van der Waals surface area contributed by atoms with Gasteiger partial charge in [-0.2, -0.15) is 5.10 Å². The maximum absolute atomic E-state index is 11.5. The zero-order valence-electron chi connectivity index (χ0n) is 12.9. The molecule has 0 unspecified atom stereocenters. The van der Waals surface area contributed by atoms with E-state index >= 15 is 0 Å². The molecule has 0 spiro atoms. The van der Waals surface area contributed by atoms with E-state index in [1.165, 1.54) is 7.11 Å². The van der Waals surface area contributed by atoms with Crippen LogP contribution in [-0.4, -0.2) is 53.9 Å². The Kier molecular flexibility index (Phi) is 5.19. The van der Waals surface area contributed by atoms with Crippen LogP contribution in [0, 0.1) is 5.92 Å². The molecule has 1 aliphatic rings. The fourth-order valence-electron chi connectivity index (χ4n) is 2.57. The monoisotopic (exact) mass is 293 g/mol. The van der Waals surface area contributed by atoms with Crippen molar-refractivity contribution in [3.05, 3.63) is 18.0 Å². The van der Waals surface area contributed by atoms with Crippen LogP contribution in [0.1, 0.15) is 18.4 Å². The molecule has 7 nitrogen and oxygen atoms in total. The summed E-state index contributed by atoms with van der Waals surface area (Å²) in [5.74, 6) is 0.776. The van der Waals surface area contributed by atoms with Crippen molar-refractivity contribution in [1.82, 2.24) is 20.0 Å². The number of esters is 1. The molecule has 0 saturated carbocycles. The van der Waals surface area contributed by atoms with Crippen molar-refractivity contribution in [2.75, 3.05) is 27.2 Å². The minimum absolute atomic E-state index is 0.0164. The Morgan fingerprint density at radius 1 is 1.52 bits per heavy atom. The lowest BCUT2D eigenvalue weighted by molar-refractivity contribution is -0.146. The van der Waals surface area contributed by atoms with E-state index < -0.39 is 0 Å². The molecule has 2 heterocycles. The SMILES string of the molecule is CN=C(NCc1cnn(C)c1)N1CCC(C(=O)OC)CC1. The molecule has 0 atom stereocenters. The molecule has 7 heteroatoms. The molecule has 0 amide bonds. The summed E-state index contributed by atoms with van der Waals surface area (Å²) in [6.45, 7) is 2.32. The number of aliphatic imine (C=N–C) groups is 1. The largest absolute Gasteiger partial charge is 0.469 e. The average Bonchev–Trinajstić information content (AvgIpc) is 2.93. The van der Waals surface area contributed by atoms with Gasteiger partial charge in [0.05, 0.1) is 19.2 Å². The average molecular weight is 293 g/mol. The number of rotatable bonds is 3. The molecule has 1 aliphatic heterocycles. The van der Waals surface area contributed by atoms with Crippen LogP contribution in [-0.2, 0) is 23.1 Å². The van der Waals surface area contributed by atoms with E-state index in [2.05, 4.69) is 20.3 Å². The molecule has 1 aromatic rings. The Morgan fingerprint density at radius 3 is 2.76 bits per heavy atom. The molecule has 1 saturated heterocycles. The molecule has 1 aromatic heterocycles. The molecule has 0 radical (unpaired) electrons. The summed E-state index contributed by atoms with van der Waals surface area (Å²) >= 11 is 0. The number of hydrogen-bond donors (Lipinski definition) is 1. The molecule has 2 rings (SSSR count).